The van der Waals surface area contributed by atoms with E-state index in [1.165, 1.54) is 4.57 Å². The van der Waals surface area contributed by atoms with Crippen LogP contribution in [0.3, 0.4) is 0 Å². The van der Waals surface area contributed by atoms with Gasteiger partial charge in [0.1, 0.15) is 6.54 Å². The molecule has 1 atom stereocenters. The molecule has 0 N–H and O–H groups in total. The number of benzene rings is 1. The molecule has 2 aromatic heterocycles. The number of pyridine rings is 1. The molecule has 4 rings (SSSR count). The first-order valence-electron chi connectivity index (χ1n) is 10.4. The summed E-state index contributed by atoms with van der Waals surface area (Å²) in [7, 11) is 0. The van der Waals surface area contributed by atoms with Crippen molar-refractivity contribution in [2.24, 2.45) is 0 Å². The van der Waals surface area contributed by atoms with Gasteiger partial charge in [-0.15, -0.1) is 0 Å². The lowest BCUT2D eigenvalue weighted by Gasteiger charge is -2.33. The number of likely N-dealkylation sites (tertiary alicyclic amines) is 1. The minimum atomic E-state index is -0.547. The highest BCUT2D eigenvalue weighted by molar-refractivity contribution is 5.81. The zero-order valence-electron chi connectivity index (χ0n) is 17.6. The topological polar surface area (TPSA) is 77.2 Å². The highest BCUT2D eigenvalue weighted by atomic mass is 16.2. The monoisotopic (exact) mass is 406 g/mol. The van der Waals surface area contributed by atoms with Crippen molar-refractivity contribution in [2.45, 2.75) is 52.6 Å². The third-order valence-corrected chi connectivity index (χ3v) is 5.85. The first-order chi connectivity index (χ1) is 14.4. The summed E-state index contributed by atoms with van der Waals surface area (Å²) >= 11 is 0. The van der Waals surface area contributed by atoms with Crippen LogP contribution in [0.5, 0.6) is 0 Å². The lowest BCUT2D eigenvalue weighted by molar-refractivity contribution is -0.135. The summed E-state index contributed by atoms with van der Waals surface area (Å²) in [4.78, 5) is 46.0. The Hall–Kier alpha value is -3.22. The third-order valence-electron chi connectivity index (χ3n) is 5.85. The fourth-order valence-corrected chi connectivity index (χ4v) is 4.32. The Balaban J connectivity index is 1.94. The van der Waals surface area contributed by atoms with Crippen LogP contribution in [-0.2, 0) is 11.3 Å². The minimum absolute atomic E-state index is 0.116. The van der Waals surface area contributed by atoms with Gasteiger partial charge in [-0.25, -0.2) is 18.9 Å². The average molecular weight is 406 g/mol. The van der Waals surface area contributed by atoms with Crippen molar-refractivity contribution in [1.82, 2.24) is 19.0 Å². The molecule has 1 aromatic carbocycles. The van der Waals surface area contributed by atoms with Crippen LogP contribution in [0.4, 0.5) is 0 Å². The van der Waals surface area contributed by atoms with E-state index >= 15 is 0 Å². The molecule has 0 spiro atoms. The summed E-state index contributed by atoms with van der Waals surface area (Å²) in [6.07, 6.45) is 2.97. The van der Waals surface area contributed by atoms with Gasteiger partial charge in [0.15, 0.2) is 5.65 Å². The summed E-state index contributed by atoms with van der Waals surface area (Å²) in [5.74, 6) is -0.196. The Bertz CT molecular complexity index is 1230. The summed E-state index contributed by atoms with van der Waals surface area (Å²) in [6, 6.07) is 11.0. The largest absolute Gasteiger partial charge is 0.338 e. The standard InChI is InChI=1S/C23H26N4O3/c1-15-13-16(2)24-21-20(15)22(29)26(14-19(28)25-12-8-7-9-17(25)3)23(30)27(21)18-10-5-4-6-11-18/h4-6,10-11,13,17H,7-9,12,14H2,1-3H3/t17-/m1/s1. The number of carbonyl (C=O) groups excluding carboxylic acids is 1. The van der Waals surface area contributed by atoms with Crippen LogP contribution in [-0.4, -0.2) is 37.5 Å². The highest BCUT2D eigenvalue weighted by Crippen LogP contribution is 2.18. The number of hydrogen-bond donors (Lipinski definition) is 0. The lowest BCUT2D eigenvalue weighted by Crippen LogP contribution is -2.48. The number of nitrogens with zero attached hydrogens (tertiary/aromatic N) is 4. The minimum Gasteiger partial charge on any atom is -0.338 e. The third kappa shape index (κ3) is 3.44. The maximum atomic E-state index is 13.4. The highest BCUT2D eigenvalue weighted by Gasteiger charge is 2.26. The summed E-state index contributed by atoms with van der Waals surface area (Å²) in [5, 5.41) is 0.364. The average Bonchev–Trinajstić information content (AvgIpc) is 2.71. The molecular formula is C23H26N4O3. The van der Waals surface area contributed by atoms with Crippen molar-refractivity contribution in [2.75, 3.05) is 6.54 Å². The van der Waals surface area contributed by atoms with Crippen LogP contribution in [0.15, 0.2) is 46.0 Å². The number of fused-ring (bicyclic) bond motifs is 1. The molecule has 3 heterocycles. The van der Waals surface area contributed by atoms with Gasteiger partial charge in [0.25, 0.3) is 5.56 Å². The van der Waals surface area contributed by atoms with Crippen molar-refractivity contribution in [3.05, 3.63) is 68.5 Å². The second kappa shape index (κ2) is 7.89. The molecule has 7 heteroatoms. The van der Waals surface area contributed by atoms with Gasteiger partial charge in [-0.2, -0.15) is 0 Å². The van der Waals surface area contributed by atoms with Crippen LogP contribution in [0, 0.1) is 13.8 Å². The van der Waals surface area contributed by atoms with Gasteiger partial charge in [-0.1, -0.05) is 18.2 Å². The van der Waals surface area contributed by atoms with Gasteiger partial charge in [-0.3, -0.25) is 9.59 Å². The molecule has 1 amide bonds. The quantitative estimate of drug-likeness (QED) is 0.670. The maximum absolute atomic E-state index is 13.4. The number of carbonyl (C=O) groups is 1. The molecule has 0 bridgehead atoms. The summed E-state index contributed by atoms with van der Waals surface area (Å²) < 4.78 is 2.49. The molecule has 0 saturated carbocycles. The predicted octanol–water partition coefficient (Wildman–Crippen LogP) is 2.57. The Kier molecular flexibility index (Phi) is 5.28. The van der Waals surface area contributed by atoms with Crippen molar-refractivity contribution in [3.8, 4) is 5.69 Å². The number of piperidine rings is 1. The van der Waals surface area contributed by atoms with Gasteiger partial charge < -0.3 is 4.90 Å². The predicted molar refractivity (Wildman–Crippen MR) is 116 cm³/mol. The number of rotatable bonds is 3. The van der Waals surface area contributed by atoms with E-state index in [-0.39, 0.29) is 18.5 Å². The molecule has 1 aliphatic heterocycles. The normalized spacial score (nSPS) is 16.8. The van der Waals surface area contributed by atoms with Gasteiger partial charge in [-0.05, 0) is 63.8 Å². The van der Waals surface area contributed by atoms with Crippen molar-refractivity contribution in [3.63, 3.8) is 0 Å². The van der Waals surface area contributed by atoms with Crippen molar-refractivity contribution >= 4 is 16.9 Å². The Morgan fingerprint density at radius 2 is 1.87 bits per heavy atom. The number of para-hydroxylation sites is 1. The van der Waals surface area contributed by atoms with E-state index in [9.17, 15) is 14.4 Å². The van der Waals surface area contributed by atoms with Gasteiger partial charge in [0, 0.05) is 18.3 Å². The van der Waals surface area contributed by atoms with Crippen LogP contribution in [0.1, 0.15) is 37.4 Å². The fourth-order valence-electron chi connectivity index (χ4n) is 4.32. The maximum Gasteiger partial charge on any atom is 0.337 e. The number of hydrogen-bond acceptors (Lipinski definition) is 4. The van der Waals surface area contributed by atoms with Crippen LogP contribution in [0.2, 0.25) is 0 Å². The number of aromatic nitrogens is 3. The van der Waals surface area contributed by atoms with Crippen molar-refractivity contribution in [1.29, 1.82) is 0 Å². The Morgan fingerprint density at radius 1 is 1.13 bits per heavy atom. The molecule has 3 aromatic rings. The molecular weight excluding hydrogens is 380 g/mol. The van der Waals surface area contributed by atoms with E-state index in [4.69, 9.17) is 0 Å². The van der Waals surface area contributed by atoms with Crippen LogP contribution >= 0.6 is 0 Å². The van der Waals surface area contributed by atoms with E-state index in [1.807, 2.05) is 45.0 Å². The zero-order chi connectivity index (χ0) is 21.4. The second-order valence-electron chi connectivity index (χ2n) is 8.06. The molecule has 0 aliphatic carbocycles. The second-order valence-corrected chi connectivity index (χ2v) is 8.06. The molecule has 30 heavy (non-hydrogen) atoms. The molecule has 0 radical (unpaired) electrons. The van der Waals surface area contributed by atoms with E-state index in [1.54, 1.807) is 17.0 Å². The smallest absolute Gasteiger partial charge is 0.337 e. The summed E-state index contributed by atoms with van der Waals surface area (Å²) in [5.41, 5.74) is 1.37. The Morgan fingerprint density at radius 3 is 2.57 bits per heavy atom. The number of aryl methyl sites for hydroxylation is 2. The van der Waals surface area contributed by atoms with Gasteiger partial charge in [0.2, 0.25) is 5.91 Å². The van der Waals surface area contributed by atoms with Gasteiger partial charge in [0.05, 0.1) is 11.1 Å². The van der Waals surface area contributed by atoms with E-state index in [0.717, 1.165) is 35.1 Å². The molecule has 0 unspecified atom stereocenters. The molecule has 1 aliphatic rings. The van der Waals surface area contributed by atoms with Crippen LogP contribution in [0.25, 0.3) is 16.7 Å². The molecule has 7 nitrogen and oxygen atoms in total. The SMILES string of the molecule is Cc1cc(C)c2c(=O)n(CC(=O)N3CCCC[C@H]3C)c(=O)n(-c3ccccc3)c2n1. The van der Waals surface area contributed by atoms with Crippen LogP contribution < -0.4 is 11.2 Å². The van der Waals surface area contributed by atoms with Crippen molar-refractivity contribution < 1.29 is 4.79 Å². The van der Waals surface area contributed by atoms with E-state index in [2.05, 4.69) is 4.98 Å². The molecule has 1 saturated heterocycles. The fraction of sp³-hybridized carbons (Fsp3) is 0.391. The summed E-state index contributed by atoms with van der Waals surface area (Å²) in [6.45, 7) is 6.07. The first kappa shape index (κ1) is 20.1. The first-order valence-corrected chi connectivity index (χ1v) is 10.4. The van der Waals surface area contributed by atoms with Gasteiger partial charge >= 0.3 is 5.69 Å². The molecule has 1 fully saturated rings. The Labute approximate surface area is 174 Å². The van der Waals surface area contributed by atoms with E-state index in [0.29, 0.717) is 23.3 Å². The molecule has 156 valence electrons. The van der Waals surface area contributed by atoms with E-state index < -0.39 is 11.2 Å². The number of amides is 1. The zero-order valence-corrected chi connectivity index (χ0v) is 17.6. The lowest BCUT2D eigenvalue weighted by atomic mass is 10.0.